The minimum atomic E-state index is -0.637. The van der Waals surface area contributed by atoms with Crippen molar-refractivity contribution in [2.45, 2.75) is 6.92 Å². The van der Waals surface area contributed by atoms with Crippen molar-refractivity contribution in [1.82, 2.24) is 5.32 Å². The summed E-state index contributed by atoms with van der Waals surface area (Å²) < 4.78 is 1.01. The summed E-state index contributed by atoms with van der Waals surface area (Å²) in [6.07, 6.45) is 0. The summed E-state index contributed by atoms with van der Waals surface area (Å²) in [7, 11) is 0. The van der Waals surface area contributed by atoms with E-state index in [0.29, 0.717) is 8.95 Å². The summed E-state index contributed by atoms with van der Waals surface area (Å²) >= 11 is 6.26. The van der Waals surface area contributed by atoms with Gasteiger partial charge >= 0.3 is 0 Å². The van der Waals surface area contributed by atoms with Crippen LogP contribution in [0.4, 0.5) is 0 Å². The molecular weight excluding hydrogens is 330 g/mol. The highest BCUT2D eigenvalue weighted by Crippen LogP contribution is 2.31. The second-order valence-corrected chi connectivity index (χ2v) is 4.56. The Bertz CT molecular complexity index is 432. The Labute approximate surface area is 103 Å². The van der Waals surface area contributed by atoms with Gasteiger partial charge in [-0.05, 0) is 28.1 Å². The Balaban J connectivity index is 3.13. The number of imide groups is 1. The fourth-order valence-corrected chi connectivity index (χ4v) is 2.19. The Kier molecular flexibility index (Phi) is 3.87. The fraction of sp³-hybridized carbons (Fsp3) is 0.111. The summed E-state index contributed by atoms with van der Waals surface area (Å²) in [5.41, 5.74) is 0.0338. The van der Waals surface area contributed by atoms with Gasteiger partial charge in [0.1, 0.15) is 5.75 Å². The molecule has 0 saturated heterocycles. The van der Waals surface area contributed by atoms with Gasteiger partial charge in [-0.1, -0.05) is 15.9 Å². The average Bonchev–Trinajstić information content (AvgIpc) is 2.09. The van der Waals surface area contributed by atoms with Crippen molar-refractivity contribution in [2.75, 3.05) is 0 Å². The van der Waals surface area contributed by atoms with Crippen molar-refractivity contribution in [3.63, 3.8) is 0 Å². The lowest BCUT2D eigenvalue weighted by atomic mass is 10.2. The first kappa shape index (κ1) is 12.2. The Hall–Kier alpha value is -0.880. The van der Waals surface area contributed by atoms with E-state index in [9.17, 15) is 14.7 Å². The first-order valence-corrected chi connectivity index (χ1v) is 5.50. The monoisotopic (exact) mass is 335 g/mol. The van der Waals surface area contributed by atoms with Gasteiger partial charge in [0.05, 0.1) is 10.0 Å². The highest BCUT2D eigenvalue weighted by Gasteiger charge is 2.15. The minimum absolute atomic E-state index is 0.0338. The van der Waals surface area contributed by atoms with E-state index in [1.54, 1.807) is 6.07 Å². The van der Waals surface area contributed by atoms with Crippen LogP contribution in [0.5, 0.6) is 5.75 Å². The van der Waals surface area contributed by atoms with Crippen LogP contribution in [0.3, 0.4) is 0 Å². The summed E-state index contributed by atoms with van der Waals surface area (Å²) in [5, 5.41) is 11.6. The molecule has 0 bridgehead atoms. The predicted molar refractivity (Wildman–Crippen MR) is 61.7 cm³/mol. The third-order valence-corrected chi connectivity index (χ3v) is 2.62. The quantitative estimate of drug-likeness (QED) is 0.826. The summed E-state index contributed by atoms with van der Waals surface area (Å²) in [4.78, 5) is 22.1. The van der Waals surface area contributed by atoms with Crippen LogP contribution < -0.4 is 5.32 Å². The molecule has 2 amide bonds. The summed E-state index contributed by atoms with van der Waals surface area (Å²) in [5.74, 6) is -1.31. The van der Waals surface area contributed by atoms with Crippen LogP contribution in [0.2, 0.25) is 0 Å². The zero-order chi connectivity index (χ0) is 11.6. The fourth-order valence-electron chi connectivity index (χ4n) is 0.966. The number of phenolic OH excluding ortho intramolecular Hbond substituents is 1. The molecule has 0 aliphatic rings. The van der Waals surface area contributed by atoms with Crippen molar-refractivity contribution in [3.05, 3.63) is 26.6 Å². The largest absolute Gasteiger partial charge is 0.506 e. The molecule has 15 heavy (non-hydrogen) atoms. The van der Waals surface area contributed by atoms with Crippen LogP contribution in [-0.4, -0.2) is 16.9 Å². The van der Waals surface area contributed by atoms with Gasteiger partial charge in [0.2, 0.25) is 5.91 Å². The van der Waals surface area contributed by atoms with E-state index in [-0.39, 0.29) is 11.3 Å². The van der Waals surface area contributed by atoms with Crippen molar-refractivity contribution < 1.29 is 14.7 Å². The van der Waals surface area contributed by atoms with Gasteiger partial charge in [-0.2, -0.15) is 0 Å². The van der Waals surface area contributed by atoms with Crippen molar-refractivity contribution in [1.29, 1.82) is 0 Å². The average molecular weight is 337 g/mol. The van der Waals surface area contributed by atoms with Gasteiger partial charge in [0.15, 0.2) is 0 Å². The molecule has 1 aromatic carbocycles. The SMILES string of the molecule is CC(=O)NC(=O)c1cc(Br)cc(Br)c1O. The van der Waals surface area contributed by atoms with Gasteiger partial charge in [-0.15, -0.1) is 0 Å². The third kappa shape index (κ3) is 3.04. The smallest absolute Gasteiger partial charge is 0.261 e. The Morgan fingerprint density at radius 2 is 1.93 bits per heavy atom. The van der Waals surface area contributed by atoms with Crippen LogP contribution in [0.1, 0.15) is 17.3 Å². The van der Waals surface area contributed by atoms with E-state index in [2.05, 4.69) is 37.2 Å². The van der Waals surface area contributed by atoms with Crippen molar-refractivity contribution in [2.24, 2.45) is 0 Å². The molecule has 0 aliphatic heterocycles. The molecule has 1 rings (SSSR count). The maximum atomic E-state index is 11.4. The molecule has 0 spiro atoms. The molecular formula is C9H7Br2NO3. The molecule has 0 aliphatic carbocycles. The molecule has 0 atom stereocenters. The molecule has 0 radical (unpaired) electrons. The molecule has 0 heterocycles. The molecule has 0 saturated carbocycles. The number of halogens is 2. The van der Waals surface area contributed by atoms with E-state index >= 15 is 0 Å². The molecule has 0 fully saturated rings. The topological polar surface area (TPSA) is 66.4 Å². The number of aromatic hydroxyl groups is 1. The lowest BCUT2D eigenvalue weighted by Crippen LogP contribution is -2.28. The molecule has 0 unspecified atom stereocenters. The van der Waals surface area contributed by atoms with E-state index < -0.39 is 11.8 Å². The molecule has 0 aromatic heterocycles. The van der Waals surface area contributed by atoms with Gasteiger partial charge in [0, 0.05) is 11.4 Å². The second-order valence-electron chi connectivity index (χ2n) is 2.79. The number of hydrogen-bond acceptors (Lipinski definition) is 3. The second kappa shape index (κ2) is 4.76. The number of rotatable bonds is 1. The Morgan fingerprint density at radius 3 is 2.47 bits per heavy atom. The van der Waals surface area contributed by atoms with E-state index in [1.165, 1.54) is 13.0 Å². The number of carbonyl (C=O) groups is 2. The van der Waals surface area contributed by atoms with Crippen LogP contribution in [0.15, 0.2) is 21.1 Å². The van der Waals surface area contributed by atoms with Crippen molar-refractivity contribution >= 4 is 43.7 Å². The molecule has 80 valence electrons. The van der Waals surface area contributed by atoms with Gasteiger partial charge in [0.25, 0.3) is 5.91 Å². The third-order valence-electron chi connectivity index (χ3n) is 1.56. The minimum Gasteiger partial charge on any atom is -0.506 e. The van der Waals surface area contributed by atoms with Crippen molar-refractivity contribution in [3.8, 4) is 5.75 Å². The highest BCUT2D eigenvalue weighted by molar-refractivity contribution is 9.11. The zero-order valence-electron chi connectivity index (χ0n) is 7.67. The van der Waals surface area contributed by atoms with E-state index in [1.807, 2.05) is 0 Å². The molecule has 4 nitrogen and oxygen atoms in total. The Morgan fingerprint density at radius 1 is 1.33 bits per heavy atom. The number of nitrogens with one attached hydrogen (secondary N) is 1. The lowest BCUT2D eigenvalue weighted by Gasteiger charge is -2.06. The molecule has 1 aromatic rings. The maximum absolute atomic E-state index is 11.4. The standard InChI is InChI=1S/C9H7Br2NO3/c1-4(13)12-9(15)6-2-5(10)3-7(11)8(6)14/h2-3,14H,1H3,(H,12,13,15). The maximum Gasteiger partial charge on any atom is 0.261 e. The normalized spacial score (nSPS) is 9.80. The highest BCUT2D eigenvalue weighted by atomic mass is 79.9. The van der Waals surface area contributed by atoms with Crippen LogP contribution in [0.25, 0.3) is 0 Å². The lowest BCUT2D eigenvalue weighted by molar-refractivity contribution is -0.118. The van der Waals surface area contributed by atoms with Gasteiger partial charge < -0.3 is 5.11 Å². The van der Waals surface area contributed by atoms with Crippen LogP contribution in [-0.2, 0) is 4.79 Å². The predicted octanol–water partition coefficient (Wildman–Crippen LogP) is 2.19. The number of amides is 2. The van der Waals surface area contributed by atoms with Gasteiger partial charge in [-0.25, -0.2) is 0 Å². The summed E-state index contributed by atoms with van der Waals surface area (Å²) in [6.45, 7) is 1.22. The van der Waals surface area contributed by atoms with Crippen LogP contribution in [0, 0.1) is 0 Å². The number of carbonyl (C=O) groups excluding carboxylic acids is 2. The van der Waals surface area contributed by atoms with Crippen LogP contribution >= 0.6 is 31.9 Å². The van der Waals surface area contributed by atoms with Gasteiger partial charge in [-0.3, -0.25) is 14.9 Å². The zero-order valence-corrected chi connectivity index (χ0v) is 10.8. The number of hydrogen-bond donors (Lipinski definition) is 2. The number of phenols is 1. The first-order valence-electron chi connectivity index (χ1n) is 3.91. The first-order chi connectivity index (χ1) is 6.91. The molecule has 2 N–H and O–H groups in total. The van der Waals surface area contributed by atoms with E-state index in [4.69, 9.17) is 0 Å². The number of benzene rings is 1. The van der Waals surface area contributed by atoms with E-state index in [0.717, 1.165) is 0 Å². The summed E-state index contributed by atoms with van der Waals surface area (Å²) in [6, 6.07) is 3.03. The molecule has 6 heteroatoms.